The Hall–Kier alpha value is -0.0800. The molecule has 0 aliphatic heterocycles. The van der Waals surface area contributed by atoms with Gasteiger partial charge in [0.15, 0.2) is 0 Å². The summed E-state index contributed by atoms with van der Waals surface area (Å²) < 4.78 is 0. The Kier molecular flexibility index (Phi) is 4.81. The fourth-order valence-corrected chi connectivity index (χ4v) is 2.79. The van der Waals surface area contributed by atoms with Crippen LogP contribution in [0, 0.1) is 17.3 Å². The summed E-state index contributed by atoms with van der Waals surface area (Å²) in [7, 11) is 0. The van der Waals surface area contributed by atoms with Crippen LogP contribution in [0.25, 0.3) is 0 Å². The third kappa shape index (κ3) is 2.98. The van der Waals surface area contributed by atoms with Crippen molar-refractivity contribution in [2.24, 2.45) is 23.0 Å². The summed E-state index contributed by atoms with van der Waals surface area (Å²) in [6, 6.07) is 1.04. The lowest BCUT2D eigenvalue weighted by Crippen LogP contribution is -2.50. The van der Waals surface area contributed by atoms with Crippen LogP contribution in [-0.2, 0) is 0 Å². The number of rotatable bonds is 4. The molecule has 4 atom stereocenters. The molecule has 0 heterocycles. The minimum atomic E-state index is 0.373. The molecule has 0 saturated heterocycles. The lowest BCUT2D eigenvalue weighted by Gasteiger charge is -2.47. The first kappa shape index (κ1) is 14.0. The third-order valence-electron chi connectivity index (χ3n) is 5.04. The number of nitrogens with two attached hydrogens (primary N) is 1. The smallest absolute Gasteiger partial charge is 0.00698 e. The van der Waals surface area contributed by atoms with Gasteiger partial charge in [0.25, 0.3) is 0 Å². The molecule has 2 heteroatoms. The van der Waals surface area contributed by atoms with E-state index in [0.29, 0.717) is 23.4 Å². The zero-order valence-electron chi connectivity index (χ0n) is 11.7. The second-order valence-electron chi connectivity index (χ2n) is 6.27. The first-order valence-electron chi connectivity index (χ1n) is 6.88. The molecule has 1 aliphatic rings. The Labute approximate surface area is 101 Å². The average Bonchev–Trinajstić information content (AvgIpc) is 2.24. The van der Waals surface area contributed by atoms with Crippen LogP contribution in [0.2, 0.25) is 0 Å². The van der Waals surface area contributed by atoms with Gasteiger partial charge >= 0.3 is 0 Å². The first-order chi connectivity index (χ1) is 7.39. The second-order valence-corrected chi connectivity index (χ2v) is 6.27. The van der Waals surface area contributed by atoms with Gasteiger partial charge in [-0.15, -0.1) is 0 Å². The zero-order chi connectivity index (χ0) is 12.3. The van der Waals surface area contributed by atoms with Gasteiger partial charge in [-0.25, -0.2) is 0 Å². The van der Waals surface area contributed by atoms with Crippen molar-refractivity contribution in [3.05, 3.63) is 0 Å². The van der Waals surface area contributed by atoms with Crippen molar-refractivity contribution >= 4 is 0 Å². The summed E-state index contributed by atoms with van der Waals surface area (Å²) in [5, 5.41) is 3.65. The van der Waals surface area contributed by atoms with Gasteiger partial charge in [-0.3, -0.25) is 0 Å². The van der Waals surface area contributed by atoms with Crippen LogP contribution in [0.3, 0.4) is 0 Å². The standard InChI is InChI=1S/C14H30N2/c1-6-10(2)16-9-12-7-8-13(15)11(3)14(12,4)5/h10-13,16H,6-9,15H2,1-5H3. The van der Waals surface area contributed by atoms with Crippen LogP contribution in [0.15, 0.2) is 0 Å². The highest BCUT2D eigenvalue weighted by Gasteiger charge is 2.41. The SMILES string of the molecule is CCC(C)NCC1CCC(N)C(C)C1(C)C. The van der Waals surface area contributed by atoms with Gasteiger partial charge in [0, 0.05) is 12.1 Å². The van der Waals surface area contributed by atoms with E-state index in [1.165, 1.54) is 19.3 Å². The fourth-order valence-electron chi connectivity index (χ4n) is 2.79. The summed E-state index contributed by atoms with van der Waals surface area (Å²) in [4.78, 5) is 0. The van der Waals surface area contributed by atoms with Crippen LogP contribution in [0.4, 0.5) is 0 Å². The number of nitrogens with one attached hydrogen (secondary N) is 1. The maximum Gasteiger partial charge on any atom is 0.00698 e. The van der Waals surface area contributed by atoms with E-state index in [-0.39, 0.29) is 0 Å². The van der Waals surface area contributed by atoms with Crippen molar-refractivity contribution < 1.29 is 0 Å². The van der Waals surface area contributed by atoms with Crippen LogP contribution >= 0.6 is 0 Å². The van der Waals surface area contributed by atoms with Crippen LogP contribution in [-0.4, -0.2) is 18.6 Å². The topological polar surface area (TPSA) is 38.0 Å². The molecule has 4 unspecified atom stereocenters. The van der Waals surface area contributed by atoms with Gasteiger partial charge in [-0.1, -0.05) is 27.7 Å². The van der Waals surface area contributed by atoms with E-state index in [4.69, 9.17) is 5.73 Å². The van der Waals surface area contributed by atoms with Crippen LogP contribution < -0.4 is 11.1 Å². The normalized spacial score (nSPS) is 36.0. The van der Waals surface area contributed by atoms with E-state index in [1.54, 1.807) is 0 Å². The van der Waals surface area contributed by atoms with E-state index in [2.05, 4.69) is 39.9 Å². The summed E-state index contributed by atoms with van der Waals surface area (Å²) in [5.41, 5.74) is 6.55. The predicted molar refractivity (Wildman–Crippen MR) is 71.4 cm³/mol. The van der Waals surface area contributed by atoms with E-state index in [1.807, 2.05) is 0 Å². The summed E-state index contributed by atoms with van der Waals surface area (Å²) in [6.45, 7) is 12.8. The molecule has 2 nitrogen and oxygen atoms in total. The predicted octanol–water partition coefficient (Wildman–Crippen LogP) is 2.77. The van der Waals surface area contributed by atoms with E-state index >= 15 is 0 Å². The minimum Gasteiger partial charge on any atom is -0.327 e. The molecule has 16 heavy (non-hydrogen) atoms. The second kappa shape index (κ2) is 5.50. The van der Waals surface area contributed by atoms with Crippen molar-refractivity contribution in [2.45, 2.75) is 66.0 Å². The highest BCUT2D eigenvalue weighted by molar-refractivity contribution is 4.94. The Morgan fingerprint density at radius 1 is 1.38 bits per heavy atom. The van der Waals surface area contributed by atoms with Crippen LogP contribution in [0.5, 0.6) is 0 Å². The van der Waals surface area contributed by atoms with Crippen molar-refractivity contribution in [1.29, 1.82) is 0 Å². The molecule has 0 spiro atoms. The van der Waals surface area contributed by atoms with Gasteiger partial charge in [0.05, 0.1) is 0 Å². The average molecular weight is 226 g/mol. The lowest BCUT2D eigenvalue weighted by atomic mass is 9.61. The molecular weight excluding hydrogens is 196 g/mol. The molecule has 0 bridgehead atoms. The van der Waals surface area contributed by atoms with Gasteiger partial charge < -0.3 is 11.1 Å². The molecule has 0 amide bonds. The monoisotopic (exact) mass is 226 g/mol. The first-order valence-corrected chi connectivity index (χ1v) is 6.88. The van der Waals surface area contributed by atoms with Gasteiger partial charge in [0.1, 0.15) is 0 Å². The molecule has 0 aromatic carbocycles. The molecule has 0 aromatic rings. The molecule has 1 saturated carbocycles. The molecular formula is C14H30N2. The van der Waals surface area contributed by atoms with Crippen molar-refractivity contribution in [1.82, 2.24) is 5.32 Å². The minimum absolute atomic E-state index is 0.373. The molecule has 96 valence electrons. The highest BCUT2D eigenvalue weighted by Crippen LogP contribution is 2.43. The molecule has 0 aromatic heterocycles. The third-order valence-corrected chi connectivity index (χ3v) is 5.04. The van der Waals surface area contributed by atoms with Gasteiger partial charge in [-0.2, -0.15) is 0 Å². The van der Waals surface area contributed by atoms with Crippen LogP contribution in [0.1, 0.15) is 53.9 Å². The lowest BCUT2D eigenvalue weighted by molar-refractivity contribution is 0.0526. The largest absolute Gasteiger partial charge is 0.327 e. The molecule has 0 radical (unpaired) electrons. The molecule has 1 fully saturated rings. The zero-order valence-corrected chi connectivity index (χ0v) is 11.7. The summed E-state index contributed by atoms with van der Waals surface area (Å²) >= 11 is 0. The number of hydrogen-bond donors (Lipinski definition) is 2. The van der Waals surface area contributed by atoms with Crippen molar-refractivity contribution in [3.63, 3.8) is 0 Å². The Bertz CT molecular complexity index is 213. The molecule has 1 aliphatic carbocycles. The maximum absolute atomic E-state index is 6.18. The van der Waals surface area contributed by atoms with E-state index in [0.717, 1.165) is 12.5 Å². The Morgan fingerprint density at radius 3 is 2.56 bits per heavy atom. The quantitative estimate of drug-likeness (QED) is 0.773. The van der Waals surface area contributed by atoms with Gasteiger partial charge in [0.2, 0.25) is 0 Å². The van der Waals surface area contributed by atoms with E-state index < -0.39 is 0 Å². The molecule has 3 N–H and O–H groups in total. The Balaban J connectivity index is 2.53. The fraction of sp³-hybridized carbons (Fsp3) is 1.00. The van der Waals surface area contributed by atoms with Crippen molar-refractivity contribution in [3.8, 4) is 0 Å². The van der Waals surface area contributed by atoms with Gasteiger partial charge in [-0.05, 0) is 50.0 Å². The molecule has 1 rings (SSSR count). The maximum atomic E-state index is 6.18. The highest BCUT2D eigenvalue weighted by atomic mass is 14.9. The summed E-state index contributed by atoms with van der Waals surface area (Å²) in [5.74, 6) is 1.40. The summed E-state index contributed by atoms with van der Waals surface area (Å²) in [6.07, 6.45) is 3.68. The van der Waals surface area contributed by atoms with E-state index in [9.17, 15) is 0 Å². The number of hydrogen-bond acceptors (Lipinski definition) is 2. The van der Waals surface area contributed by atoms with Crippen molar-refractivity contribution in [2.75, 3.05) is 6.54 Å². The Morgan fingerprint density at radius 2 is 2.00 bits per heavy atom.